The lowest BCUT2D eigenvalue weighted by Crippen LogP contribution is -2.41. The average Bonchev–Trinajstić information content (AvgIpc) is 3.45. The summed E-state index contributed by atoms with van der Waals surface area (Å²) in [6, 6.07) is 14.9. The molecule has 2 aromatic carbocycles. The van der Waals surface area contributed by atoms with E-state index < -0.39 is 0 Å². The second-order valence-corrected chi connectivity index (χ2v) is 8.31. The van der Waals surface area contributed by atoms with Crippen LogP contribution in [0.4, 0.5) is 16.2 Å². The molecule has 1 unspecified atom stereocenters. The smallest absolute Gasteiger partial charge is 0.321 e. The maximum Gasteiger partial charge on any atom is 0.321 e. The molecule has 3 amide bonds. The molecule has 164 valence electrons. The van der Waals surface area contributed by atoms with E-state index in [-0.39, 0.29) is 17.9 Å². The average molecular weight is 431 g/mol. The number of fused-ring (bicyclic) bond motifs is 1. The fraction of sp³-hybridized carbons (Fsp3) is 0.333. The van der Waals surface area contributed by atoms with Crippen molar-refractivity contribution in [3.63, 3.8) is 0 Å². The number of benzene rings is 2. The Kier molecular flexibility index (Phi) is 5.34. The van der Waals surface area contributed by atoms with Crippen molar-refractivity contribution in [2.75, 3.05) is 29.9 Å². The van der Waals surface area contributed by atoms with Crippen molar-refractivity contribution < 1.29 is 14.1 Å². The normalized spacial score (nSPS) is 17.8. The second kappa shape index (κ2) is 8.45. The maximum atomic E-state index is 13.1. The lowest BCUT2D eigenvalue weighted by Gasteiger charge is -2.31. The Morgan fingerprint density at radius 1 is 1.12 bits per heavy atom. The molecule has 2 aliphatic rings. The number of amides is 3. The Bertz CT molecular complexity index is 1160. The summed E-state index contributed by atoms with van der Waals surface area (Å²) >= 11 is 0. The third kappa shape index (κ3) is 3.95. The predicted molar refractivity (Wildman–Crippen MR) is 120 cm³/mol. The van der Waals surface area contributed by atoms with Crippen molar-refractivity contribution >= 4 is 23.3 Å². The highest BCUT2D eigenvalue weighted by atomic mass is 16.5. The molecule has 1 saturated heterocycles. The van der Waals surface area contributed by atoms with Gasteiger partial charge in [0.2, 0.25) is 5.89 Å². The number of aryl methyl sites for hydroxylation is 1. The van der Waals surface area contributed by atoms with E-state index in [0.717, 1.165) is 24.9 Å². The fourth-order valence-electron chi connectivity index (χ4n) is 4.48. The SMILES string of the molecule is Cc1noc(C2CCCN(C(=O)Nc3cccc(C(=O)N4CCc5ccccc54)c3)C2)n1. The number of urea groups is 1. The number of para-hydroxylation sites is 1. The summed E-state index contributed by atoms with van der Waals surface area (Å²) in [5, 5.41) is 6.80. The van der Waals surface area contributed by atoms with E-state index in [1.807, 2.05) is 18.2 Å². The third-order valence-corrected chi connectivity index (χ3v) is 6.09. The Morgan fingerprint density at radius 3 is 2.84 bits per heavy atom. The van der Waals surface area contributed by atoms with Gasteiger partial charge in [0.15, 0.2) is 5.82 Å². The van der Waals surface area contributed by atoms with Crippen LogP contribution in [0.15, 0.2) is 53.1 Å². The minimum absolute atomic E-state index is 0.0406. The largest absolute Gasteiger partial charge is 0.339 e. The van der Waals surface area contributed by atoms with E-state index in [1.54, 1.807) is 41.0 Å². The van der Waals surface area contributed by atoms with Crippen LogP contribution in [0.25, 0.3) is 0 Å². The number of rotatable bonds is 3. The molecule has 8 heteroatoms. The van der Waals surface area contributed by atoms with Crippen LogP contribution < -0.4 is 10.2 Å². The molecule has 0 saturated carbocycles. The topological polar surface area (TPSA) is 91.6 Å². The van der Waals surface area contributed by atoms with E-state index >= 15 is 0 Å². The van der Waals surface area contributed by atoms with Crippen LogP contribution in [-0.4, -0.2) is 46.6 Å². The number of nitrogens with zero attached hydrogens (tertiary/aromatic N) is 4. The van der Waals surface area contributed by atoms with Crippen LogP contribution in [0.1, 0.15) is 46.4 Å². The number of nitrogens with one attached hydrogen (secondary N) is 1. The highest BCUT2D eigenvalue weighted by Gasteiger charge is 2.29. The van der Waals surface area contributed by atoms with Gasteiger partial charge in [0.05, 0.1) is 5.92 Å². The molecule has 2 aliphatic heterocycles. The van der Waals surface area contributed by atoms with Gasteiger partial charge in [-0.3, -0.25) is 4.79 Å². The van der Waals surface area contributed by atoms with Gasteiger partial charge < -0.3 is 19.6 Å². The summed E-state index contributed by atoms with van der Waals surface area (Å²) in [4.78, 5) is 33.9. The number of carbonyl (C=O) groups excluding carboxylic acids is 2. The highest BCUT2D eigenvalue weighted by molar-refractivity contribution is 6.08. The van der Waals surface area contributed by atoms with Gasteiger partial charge in [-0.15, -0.1) is 0 Å². The molecule has 0 radical (unpaired) electrons. The minimum Gasteiger partial charge on any atom is -0.339 e. The van der Waals surface area contributed by atoms with Gasteiger partial charge in [-0.1, -0.05) is 29.4 Å². The number of hydrogen-bond acceptors (Lipinski definition) is 5. The molecule has 0 aliphatic carbocycles. The fourth-order valence-corrected chi connectivity index (χ4v) is 4.48. The van der Waals surface area contributed by atoms with Crippen LogP contribution in [0.5, 0.6) is 0 Å². The summed E-state index contributed by atoms with van der Waals surface area (Å²) in [6.07, 6.45) is 2.63. The van der Waals surface area contributed by atoms with Crippen LogP contribution >= 0.6 is 0 Å². The molecule has 1 fully saturated rings. The van der Waals surface area contributed by atoms with Crippen LogP contribution in [0, 0.1) is 6.92 Å². The van der Waals surface area contributed by atoms with Gasteiger partial charge in [0.25, 0.3) is 5.91 Å². The monoisotopic (exact) mass is 431 g/mol. The number of aromatic nitrogens is 2. The molecule has 5 rings (SSSR count). The van der Waals surface area contributed by atoms with Crippen LogP contribution in [0.2, 0.25) is 0 Å². The molecule has 3 aromatic rings. The lowest BCUT2D eigenvalue weighted by molar-refractivity contribution is 0.0989. The van der Waals surface area contributed by atoms with E-state index in [2.05, 4.69) is 21.5 Å². The summed E-state index contributed by atoms with van der Waals surface area (Å²) in [6.45, 7) is 3.64. The first-order chi connectivity index (χ1) is 15.6. The Balaban J connectivity index is 1.27. The van der Waals surface area contributed by atoms with Crippen LogP contribution in [-0.2, 0) is 6.42 Å². The summed E-state index contributed by atoms with van der Waals surface area (Å²) in [7, 11) is 0. The molecule has 1 atom stereocenters. The quantitative estimate of drug-likeness (QED) is 0.677. The molecule has 3 heterocycles. The van der Waals surface area contributed by atoms with Gasteiger partial charge in [0.1, 0.15) is 0 Å². The molecule has 1 aromatic heterocycles. The first-order valence-electron chi connectivity index (χ1n) is 10.9. The highest BCUT2D eigenvalue weighted by Crippen LogP contribution is 2.30. The van der Waals surface area contributed by atoms with Gasteiger partial charge in [-0.25, -0.2) is 4.79 Å². The number of piperidine rings is 1. The van der Waals surface area contributed by atoms with Crippen molar-refractivity contribution in [1.29, 1.82) is 0 Å². The van der Waals surface area contributed by atoms with E-state index in [9.17, 15) is 9.59 Å². The third-order valence-electron chi connectivity index (χ3n) is 6.09. The molecule has 0 bridgehead atoms. The van der Waals surface area contributed by atoms with Crippen molar-refractivity contribution in [2.45, 2.75) is 32.1 Å². The number of carbonyl (C=O) groups is 2. The Morgan fingerprint density at radius 2 is 2.00 bits per heavy atom. The zero-order valence-electron chi connectivity index (χ0n) is 18.0. The summed E-state index contributed by atoms with van der Waals surface area (Å²) < 4.78 is 5.30. The summed E-state index contributed by atoms with van der Waals surface area (Å²) in [5.74, 6) is 1.16. The molecular weight excluding hydrogens is 406 g/mol. The van der Waals surface area contributed by atoms with Gasteiger partial charge in [-0.2, -0.15) is 4.98 Å². The minimum atomic E-state index is -0.193. The number of hydrogen-bond donors (Lipinski definition) is 1. The van der Waals surface area contributed by atoms with Crippen molar-refractivity contribution in [2.24, 2.45) is 0 Å². The van der Waals surface area contributed by atoms with Crippen molar-refractivity contribution in [1.82, 2.24) is 15.0 Å². The number of anilines is 2. The van der Waals surface area contributed by atoms with Gasteiger partial charge >= 0.3 is 6.03 Å². The Labute approximate surface area is 186 Å². The Hall–Kier alpha value is -3.68. The molecule has 0 spiro atoms. The van der Waals surface area contributed by atoms with Crippen molar-refractivity contribution in [3.05, 3.63) is 71.4 Å². The zero-order valence-corrected chi connectivity index (χ0v) is 18.0. The molecule has 1 N–H and O–H groups in total. The zero-order chi connectivity index (χ0) is 22.1. The maximum absolute atomic E-state index is 13.1. The van der Waals surface area contributed by atoms with Gasteiger partial charge in [-0.05, 0) is 56.0 Å². The first-order valence-corrected chi connectivity index (χ1v) is 10.9. The van der Waals surface area contributed by atoms with E-state index in [1.165, 1.54) is 5.56 Å². The van der Waals surface area contributed by atoms with E-state index in [4.69, 9.17) is 4.52 Å². The van der Waals surface area contributed by atoms with Gasteiger partial charge in [0, 0.05) is 36.6 Å². The lowest BCUT2D eigenvalue weighted by atomic mass is 9.98. The van der Waals surface area contributed by atoms with E-state index in [0.29, 0.717) is 42.6 Å². The molecule has 32 heavy (non-hydrogen) atoms. The summed E-state index contributed by atoms with van der Waals surface area (Å²) in [5.41, 5.74) is 3.30. The van der Waals surface area contributed by atoms with Crippen molar-refractivity contribution in [3.8, 4) is 0 Å². The predicted octanol–water partition coefficient (Wildman–Crippen LogP) is 3.99. The van der Waals surface area contributed by atoms with Crippen LogP contribution in [0.3, 0.4) is 0 Å². The standard InChI is InChI=1S/C24H25N5O3/c1-16-25-22(32-27-16)19-8-5-12-28(15-19)24(31)26-20-9-4-7-18(14-20)23(30)29-13-11-17-6-2-3-10-21(17)29/h2-4,6-7,9-10,14,19H,5,8,11-13,15H2,1H3,(H,26,31). The molecular formula is C24H25N5O3. The second-order valence-electron chi connectivity index (χ2n) is 8.31. The first kappa shape index (κ1) is 20.2. The number of likely N-dealkylation sites (tertiary alicyclic amines) is 1. The molecule has 8 nitrogen and oxygen atoms in total.